The molecule has 1 aromatic heterocycles. The number of fused-ring (bicyclic) bond motifs is 1. The predicted octanol–water partition coefficient (Wildman–Crippen LogP) is 1.14. The topological polar surface area (TPSA) is 106 Å². The molecule has 1 saturated heterocycles. The Morgan fingerprint density at radius 2 is 2.00 bits per heavy atom. The van der Waals surface area contributed by atoms with Crippen LogP contribution in [0, 0.1) is 5.82 Å². The van der Waals surface area contributed by atoms with Crippen LogP contribution in [0.3, 0.4) is 0 Å². The number of hydrogen-bond donors (Lipinski definition) is 3. The van der Waals surface area contributed by atoms with E-state index in [4.69, 9.17) is 4.74 Å². The number of hydrazine groups is 1. The summed E-state index contributed by atoms with van der Waals surface area (Å²) in [6.07, 6.45) is 1.70. The minimum atomic E-state index is -4.32. The van der Waals surface area contributed by atoms with Gasteiger partial charge < -0.3 is 4.74 Å². The van der Waals surface area contributed by atoms with Crippen molar-refractivity contribution in [2.24, 2.45) is 0 Å². The van der Waals surface area contributed by atoms with Crippen LogP contribution in [0.15, 0.2) is 21.8 Å². The summed E-state index contributed by atoms with van der Waals surface area (Å²) in [7, 11) is -2.82. The van der Waals surface area contributed by atoms with Crippen LogP contribution in [0.2, 0.25) is 0 Å². The normalized spacial score (nSPS) is 23.4. The summed E-state index contributed by atoms with van der Waals surface area (Å²) in [6, 6.07) is 2.42. The fourth-order valence-electron chi connectivity index (χ4n) is 3.92. The summed E-state index contributed by atoms with van der Waals surface area (Å²) in [5.41, 5.74) is 5.16. The van der Waals surface area contributed by atoms with E-state index in [9.17, 15) is 22.0 Å². The second-order valence-electron chi connectivity index (χ2n) is 8.37. The first-order valence-corrected chi connectivity index (χ1v) is 11.7. The molecule has 31 heavy (non-hydrogen) atoms. The van der Waals surface area contributed by atoms with Gasteiger partial charge in [-0.05, 0) is 38.7 Å². The van der Waals surface area contributed by atoms with E-state index in [0.717, 1.165) is 18.6 Å². The van der Waals surface area contributed by atoms with E-state index >= 15 is 0 Å². The maximum absolute atomic E-state index is 15.0. The van der Waals surface area contributed by atoms with Gasteiger partial charge in [0.1, 0.15) is 23.6 Å². The second-order valence-corrected chi connectivity index (χ2v) is 10.0. The van der Waals surface area contributed by atoms with E-state index in [1.54, 1.807) is 0 Å². The van der Waals surface area contributed by atoms with Crippen LogP contribution >= 0.6 is 0 Å². The molecular formula is C19H27F2N5O4S. The van der Waals surface area contributed by atoms with Crippen molar-refractivity contribution in [1.82, 2.24) is 24.7 Å². The van der Waals surface area contributed by atoms with E-state index in [1.807, 2.05) is 6.92 Å². The van der Waals surface area contributed by atoms with Gasteiger partial charge in [-0.3, -0.25) is 14.6 Å². The zero-order valence-electron chi connectivity index (χ0n) is 17.5. The smallest absolute Gasteiger partial charge is 0.330 e. The van der Waals surface area contributed by atoms with Gasteiger partial charge in [0.05, 0.1) is 29.7 Å². The fraction of sp³-hybridized carbons (Fsp3) is 0.632. The molecule has 0 radical (unpaired) electrons. The summed E-state index contributed by atoms with van der Waals surface area (Å²) >= 11 is 0. The number of alkyl halides is 1. The lowest BCUT2D eigenvalue weighted by molar-refractivity contribution is 0.185. The maximum atomic E-state index is 15.0. The number of methoxy groups -OCH3 is 1. The average Bonchev–Trinajstić information content (AvgIpc) is 3.44. The van der Waals surface area contributed by atoms with E-state index in [1.165, 1.54) is 16.2 Å². The van der Waals surface area contributed by atoms with Gasteiger partial charge in [-0.25, -0.2) is 32.1 Å². The number of sulfonamides is 1. The van der Waals surface area contributed by atoms with Crippen LogP contribution < -0.4 is 21.3 Å². The molecule has 2 aliphatic rings. The highest BCUT2D eigenvalue weighted by atomic mass is 32.2. The van der Waals surface area contributed by atoms with E-state index in [-0.39, 0.29) is 30.2 Å². The van der Waals surface area contributed by atoms with Crippen molar-refractivity contribution in [3.8, 4) is 0 Å². The molecule has 12 heteroatoms. The lowest BCUT2D eigenvalue weighted by Gasteiger charge is -2.29. The molecule has 2 atom stereocenters. The standard InChI is InChI=1S/C19H27F2N5O4S/c1-12-3-4-17(23-22-12)26-15-10-16(31(28,29)24-19(11-20)5-6-19)13(21)9-14(15)25(18(26)27)7-8-30-2/h9-10,12,17,22-24H,3-8,11H2,1-2H3. The Kier molecular flexibility index (Phi) is 5.94. The highest BCUT2D eigenvalue weighted by Gasteiger charge is 2.47. The van der Waals surface area contributed by atoms with E-state index < -0.39 is 44.8 Å². The van der Waals surface area contributed by atoms with Crippen molar-refractivity contribution in [2.45, 2.75) is 61.8 Å². The summed E-state index contributed by atoms with van der Waals surface area (Å²) in [6.45, 7) is 1.56. The molecule has 2 fully saturated rings. The number of hydrogen-bond acceptors (Lipinski definition) is 6. The number of imidazole rings is 1. The van der Waals surface area contributed by atoms with Crippen LogP contribution in [0.4, 0.5) is 8.78 Å². The van der Waals surface area contributed by atoms with Crippen LogP contribution in [0.1, 0.15) is 38.8 Å². The zero-order chi connectivity index (χ0) is 22.4. The molecule has 1 aliphatic carbocycles. The summed E-state index contributed by atoms with van der Waals surface area (Å²) in [5, 5.41) is 0. The Labute approximate surface area is 178 Å². The van der Waals surface area contributed by atoms with Crippen molar-refractivity contribution in [3.05, 3.63) is 28.4 Å². The number of aromatic nitrogens is 2. The maximum Gasteiger partial charge on any atom is 0.330 e. The van der Waals surface area contributed by atoms with Gasteiger partial charge >= 0.3 is 5.69 Å². The van der Waals surface area contributed by atoms with Crippen LogP contribution in [0.5, 0.6) is 0 Å². The Bertz CT molecular complexity index is 1130. The SMILES string of the molecule is COCCn1c(=O)n(C2CCC(C)NN2)c2cc(S(=O)(=O)NC3(CF)CC3)c(F)cc21. The second kappa shape index (κ2) is 8.24. The molecule has 1 aliphatic heterocycles. The van der Waals surface area contributed by atoms with Gasteiger partial charge in [0.25, 0.3) is 0 Å². The third-order valence-corrected chi connectivity index (χ3v) is 7.56. The van der Waals surface area contributed by atoms with Gasteiger partial charge in [0.15, 0.2) is 0 Å². The molecule has 3 N–H and O–H groups in total. The first-order valence-electron chi connectivity index (χ1n) is 10.3. The number of benzene rings is 1. The lowest BCUT2D eigenvalue weighted by atomic mass is 10.1. The molecule has 9 nitrogen and oxygen atoms in total. The largest absolute Gasteiger partial charge is 0.383 e. The predicted molar refractivity (Wildman–Crippen MR) is 110 cm³/mol. The van der Waals surface area contributed by atoms with Gasteiger partial charge in [0.2, 0.25) is 10.0 Å². The molecule has 2 aromatic rings. The zero-order valence-corrected chi connectivity index (χ0v) is 18.3. The van der Waals surface area contributed by atoms with Crippen LogP contribution in [-0.2, 0) is 21.3 Å². The number of rotatable bonds is 8. The Morgan fingerprint density at radius 3 is 2.58 bits per heavy atom. The van der Waals surface area contributed by atoms with Crippen molar-refractivity contribution in [1.29, 1.82) is 0 Å². The number of nitrogens with one attached hydrogen (secondary N) is 3. The molecule has 1 aromatic carbocycles. The molecule has 2 unspecified atom stereocenters. The summed E-state index contributed by atoms with van der Waals surface area (Å²) in [4.78, 5) is 12.6. The number of halogens is 2. The molecule has 0 amide bonds. The Hall–Kier alpha value is -1.86. The molecule has 172 valence electrons. The highest BCUT2D eigenvalue weighted by Crippen LogP contribution is 2.38. The van der Waals surface area contributed by atoms with Crippen molar-refractivity contribution >= 4 is 21.1 Å². The molecule has 1 saturated carbocycles. The Morgan fingerprint density at radius 1 is 1.26 bits per heavy atom. The van der Waals surface area contributed by atoms with Crippen LogP contribution in [0.25, 0.3) is 11.0 Å². The monoisotopic (exact) mass is 459 g/mol. The molecule has 0 bridgehead atoms. The van der Waals surface area contributed by atoms with E-state index in [2.05, 4.69) is 15.6 Å². The first kappa shape index (κ1) is 22.3. The van der Waals surface area contributed by atoms with Crippen molar-refractivity contribution in [3.63, 3.8) is 0 Å². The summed E-state index contributed by atoms with van der Waals surface area (Å²) < 4.78 is 64.1. The van der Waals surface area contributed by atoms with Crippen molar-refractivity contribution in [2.75, 3.05) is 20.4 Å². The van der Waals surface area contributed by atoms with Gasteiger partial charge in [-0.15, -0.1) is 0 Å². The molecular weight excluding hydrogens is 432 g/mol. The highest BCUT2D eigenvalue weighted by molar-refractivity contribution is 7.89. The summed E-state index contributed by atoms with van der Waals surface area (Å²) in [5.74, 6) is -0.999. The molecule has 0 spiro atoms. The quantitative estimate of drug-likeness (QED) is 0.547. The third kappa shape index (κ3) is 4.14. The number of nitrogens with zero attached hydrogens (tertiary/aromatic N) is 2. The number of ether oxygens (including phenoxy) is 1. The fourth-order valence-corrected chi connectivity index (χ4v) is 5.44. The molecule has 4 rings (SSSR count). The minimum Gasteiger partial charge on any atom is -0.383 e. The van der Waals surface area contributed by atoms with Crippen molar-refractivity contribution < 1.29 is 21.9 Å². The first-order chi connectivity index (χ1) is 14.7. The Balaban J connectivity index is 1.85. The lowest BCUT2D eigenvalue weighted by Crippen LogP contribution is -2.50. The van der Waals surface area contributed by atoms with Gasteiger partial charge in [0, 0.05) is 19.2 Å². The third-order valence-electron chi connectivity index (χ3n) is 5.97. The minimum absolute atomic E-state index is 0.185. The molecule has 2 heterocycles. The average molecular weight is 460 g/mol. The van der Waals surface area contributed by atoms with Gasteiger partial charge in [-0.1, -0.05) is 0 Å². The van der Waals surface area contributed by atoms with Crippen LogP contribution in [-0.4, -0.2) is 49.5 Å². The van der Waals surface area contributed by atoms with E-state index in [0.29, 0.717) is 19.3 Å². The van der Waals surface area contributed by atoms with Gasteiger partial charge in [-0.2, -0.15) is 0 Å².